The number of aromatic nitrogens is 4. The molecule has 1 aliphatic rings. The first kappa shape index (κ1) is 18.2. The van der Waals surface area contributed by atoms with E-state index in [4.69, 9.17) is 15.7 Å². The molecule has 3 heterocycles. The summed E-state index contributed by atoms with van der Waals surface area (Å²) in [5.74, 6) is 1.56. The lowest BCUT2D eigenvalue weighted by Gasteiger charge is -2.10. The fourth-order valence-electron chi connectivity index (χ4n) is 3.34. The standard InChI is InChI=1S/C21H17BrN6S/c22-14-4-6-16(7-5-14)25-20-24-9-8-17(26-20)19-18(13-2-1-3-15(23)12-13)27-21-28(19)10-11-29-21/h1-9,12H,10-11,23H2,(H,24,25,26). The van der Waals surface area contributed by atoms with Gasteiger partial charge in [0.25, 0.3) is 0 Å². The van der Waals surface area contributed by atoms with Crippen molar-refractivity contribution in [3.05, 3.63) is 65.3 Å². The number of nitrogens with two attached hydrogens (primary N) is 1. The number of imidazole rings is 1. The Bertz CT molecular complexity index is 1190. The van der Waals surface area contributed by atoms with Gasteiger partial charge in [0, 0.05) is 39.9 Å². The highest BCUT2D eigenvalue weighted by Gasteiger charge is 2.25. The van der Waals surface area contributed by atoms with Crippen molar-refractivity contribution < 1.29 is 0 Å². The summed E-state index contributed by atoms with van der Waals surface area (Å²) in [6.07, 6.45) is 1.77. The van der Waals surface area contributed by atoms with Gasteiger partial charge in [-0.05, 0) is 42.5 Å². The number of halogens is 1. The molecule has 0 saturated carbocycles. The molecule has 0 unspecified atom stereocenters. The van der Waals surface area contributed by atoms with Crippen LogP contribution in [0.1, 0.15) is 0 Å². The lowest BCUT2D eigenvalue weighted by molar-refractivity contribution is 0.724. The van der Waals surface area contributed by atoms with Crippen LogP contribution in [-0.4, -0.2) is 25.3 Å². The number of hydrogen-bond donors (Lipinski definition) is 2. The van der Waals surface area contributed by atoms with Gasteiger partial charge in [0.15, 0.2) is 5.16 Å². The molecule has 2 aromatic heterocycles. The van der Waals surface area contributed by atoms with Gasteiger partial charge in [-0.25, -0.2) is 15.0 Å². The van der Waals surface area contributed by atoms with Crippen molar-refractivity contribution in [1.29, 1.82) is 0 Å². The molecule has 5 rings (SSSR count). The van der Waals surface area contributed by atoms with Gasteiger partial charge in [0.05, 0.1) is 17.1 Å². The molecule has 2 aromatic carbocycles. The zero-order valence-electron chi connectivity index (χ0n) is 15.3. The minimum atomic E-state index is 0.546. The van der Waals surface area contributed by atoms with E-state index in [2.05, 4.69) is 30.8 Å². The Morgan fingerprint density at radius 2 is 1.93 bits per heavy atom. The Hall–Kier alpha value is -2.84. The second kappa shape index (κ2) is 7.53. The predicted octanol–water partition coefficient (Wildman–Crippen LogP) is 5.20. The third-order valence-corrected chi connectivity index (χ3v) is 6.12. The van der Waals surface area contributed by atoms with E-state index >= 15 is 0 Å². The molecule has 3 N–H and O–H groups in total. The number of rotatable bonds is 4. The summed E-state index contributed by atoms with van der Waals surface area (Å²) >= 11 is 5.21. The van der Waals surface area contributed by atoms with E-state index in [0.717, 1.165) is 55.9 Å². The molecule has 6 nitrogen and oxygen atoms in total. The summed E-state index contributed by atoms with van der Waals surface area (Å²) in [6.45, 7) is 0.907. The van der Waals surface area contributed by atoms with Crippen molar-refractivity contribution in [3.8, 4) is 22.6 Å². The van der Waals surface area contributed by atoms with Crippen LogP contribution in [0.4, 0.5) is 17.3 Å². The van der Waals surface area contributed by atoms with Crippen molar-refractivity contribution in [2.24, 2.45) is 0 Å². The summed E-state index contributed by atoms with van der Waals surface area (Å²) in [5.41, 5.74) is 11.4. The Morgan fingerprint density at radius 1 is 1.07 bits per heavy atom. The highest BCUT2D eigenvalue weighted by Crippen LogP contribution is 2.38. The van der Waals surface area contributed by atoms with E-state index in [1.165, 1.54) is 0 Å². The molecule has 0 saturated heterocycles. The number of thioether (sulfide) groups is 1. The molecular formula is C21H17BrN6S. The number of nitrogens with zero attached hydrogens (tertiary/aromatic N) is 4. The second-order valence-electron chi connectivity index (χ2n) is 6.61. The third-order valence-electron chi connectivity index (χ3n) is 4.64. The minimum absolute atomic E-state index is 0.546. The van der Waals surface area contributed by atoms with Crippen molar-refractivity contribution >= 4 is 45.0 Å². The predicted molar refractivity (Wildman–Crippen MR) is 121 cm³/mol. The molecule has 0 amide bonds. The molecule has 29 heavy (non-hydrogen) atoms. The largest absolute Gasteiger partial charge is 0.399 e. The van der Waals surface area contributed by atoms with Crippen molar-refractivity contribution in [1.82, 2.24) is 19.5 Å². The molecule has 0 fully saturated rings. The minimum Gasteiger partial charge on any atom is -0.399 e. The van der Waals surface area contributed by atoms with E-state index in [1.54, 1.807) is 18.0 Å². The summed E-state index contributed by atoms with van der Waals surface area (Å²) in [6, 6.07) is 17.7. The monoisotopic (exact) mass is 464 g/mol. The third kappa shape index (κ3) is 3.61. The molecule has 4 aromatic rings. The van der Waals surface area contributed by atoms with Crippen molar-refractivity contribution in [2.75, 3.05) is 16.8 Å². The summed E-state index contributed by atoms with van der Waals surface area (Å²) in [7, 11) is 0. The summed E-state index contributed by atoms with van der Waals surface area (Å²) in [5, 5.41) is 4.28. The first-order chi connectivity index (χ1) is 14.2. The maximum Gasteiger partial charge on any atom is 0.227 e. The Labute approximate surface area is 180 Å². The molecule has 144 valence electrons. The molecule has 0 aliphatic carbocycles. The highest BCUT2D eigenvalue weighted by molar-refractivity contribution is 9.10. The Morgan fingerprint density at radius 3 is 2.76 bits per heavy atom. The molecule has 0 spiro atoms. The van der Waals surface area contributed by atoms with Crippen LogP contribution >= 0.6 is 27.7 Å². The van der Waals surface area contributed by atoms with Gasteiger partial charge >= 0.3 is 0 Å². The van der Waals surface area contributed by atoms with Gasteiger partial charge in [0.1, 0.15) is 0 Å². The maximum atomic E-state index is 6.02. The maximum absolute atomic E-state index is 6.02. The fraction of sp³-hybridized carbons (Fsp3) is 0.0952. The normalized spacial score (nSPS) is 12.7. The lowest BCUT2D eigenvalue weighted by atomic mass is 10.1. The first-order valence-corrected chi connectivity index (χ1v) is 10.9. The zero-order chi connectivity index (χ0) is 19.8. The van der Waals surface area contributed by atoms with Crippen LogP contribution in [-0.2, 0) is 6.54 Å². The topological polar surface area (TPSA) is 81.6 Å². The molecule has 1 aliphatic heterocycles. The molecule has 0 bridgehead atoms. The molecular weight excluding hydrogens is 448 g/mol. The van der Waals surface area contributed by atoms with Crippen LogP contribution in [0.3, 0.4) is 0 Å². The Kier molecular flexibility index (Phi) is 4.73. The van der Waals surface area contributed by atoms with Gasteiger partial charge in [-0.3, -0.25) is 0 Å². The lowest BCUT2D eigenvalue weighted by Crippen LogP contribution is -2.02. The number of hydrogen-bond acceptors (Lipinski definition) is 6. The van der Waals surface area contributed by atoms with Crippen LogP contribution in [0.15, 0.2) is 70.4 Å². The quantitative estimate of drug-likeness (QED) is 0.403. The van der Waals surface area contributed by atoms with Crippen LogP contribution < -0.4 is 11.1 Å². The first-order valence-electron chi connectivity index (χ1n) is 9.12. The van der Waals surface area contributed by atoms with E-state index < -0.39 is 0 Å². The fourth-order valence-corrected chi connectivity index (χ4v) is 4.55. The van der Waals surface area contributed by atoms with Gasteiger partial charge in [0.2, 0.25) is 5.95 Å². The van der Waals surface area contributed by atoms with Crippen LogP contribution in [0.2, 0.25) is 0 Å². The van der Waals surface area contributed by atoms with Crippen molar-refractivity contribution in [2.45, 2.75) is 11.7 Å². The zero-order valence-corrected chi connectivity index (χ0v) is 17.7. The average molecular weight is 465 g/mol. The molecule has 0 atom stereocenters. The van der Waals surface area contributed by atoms with Gasteiger partial charge in [-0.2, -0.15) is 0 Å². The number of anilines is 3. The van der Waals surface area contributed by atoms with Crippen LogP contribution in [0, 0.1) is 0 Å². The summed E-state index contributed by atoms with van der Waals surface area (Å²) in [4.78, 5) is 14.1. The SMILES string of the molecule is Nc1cccc(-c2nc3n(c2-c2ccnc(Nc4ccc(Br)cc4)n2)CCS3)c1. The van der Waals surface area contributed by atoms with E-state index in [1.807, 2.05) is 54.6 Å². The smallest absolute Gasteiger partial charge is 0.227 e. The van der Waals surface area contributed by atoms with Crippen LogP contribution in [0.25, 0.3) is 22.6 Å². The number of nitrogen functional groups attached to an aromatic ring is 1. The van der Waals surface area contributed by atoms with E-state index in [9.17, 15) is 0 Å². The van der Waals surface area contributed by atoms with Gasteiger partial charge < -0.3 is 15.6 Å². The van der Waals surface area contributed by atoms with Gasteiger partial charge in [-0.15, -0.1) is 0 Å². The number of fused-ring (bicyclic) bond motifs is 1. The molecule has 8 heteroatoms. The average Bonchev–Trinajstić information content (AvgIpc) is 3.31. The van der Waals surface area contributed by atoms with Gasteiger partial charge in [-0.1, -0.05) is 39.8 Å². The number of benzene rings is 2. The number of nitrogens with one attached hydrogen (secondary N) is 1. The summed E-state index contributed by atoms with van der Waals surface area (Å²) < 4.78 is 3.26. The Balaban J connectivity index is 1.58. The second-order valence-corrected chi connectivity index (χ2v) is 8.59. The van der Waals surface area contributed by atoms with Crippen LogP contribution in [0.5, 0.6) is 0 Å². The molecule has 0 radical (unpaired) electrons. The van der Waals surface area contributed by atoms with E-state index in [0.29, 0.717) is 5.95 Å². The van der Waals surface area contributed by atoms with E-state index in [-0.39, 0.29) is 0 Å². The highest BCUT2D eigenvalue weighted by atomic mass is 79.9. The van der Waals surface area contributed by atoms with Crippen molar-refractivity contribution in [3.63, 3.8) is 0 Å².